The van der Waals surface area contributed by atoms with Gasteiger partial charge in [0.05, 0.1) is 22.1 Å². The van der Waals surface area contributed by atoms with Gasteiger partial charge in [0.25, 0.3) is 0 Å². The molecule has 0 radical (unpaired) electrons. The maximum Gasteiger partial charge on any atom is 0.420 e. The molecule has 1 N–H and O–H groups in total. The van der Waals surface area contributed by atoms with Crippen LogP contribution in [0.1, 0.15) is 16.7 Å². The lowest BCUT2D eigenvalue weighted by molar-refractivity contribution is -0.138. The Balaban J connectivity index is 1.77. The van der Waals surface area contributed by atoms with Crippen LogP contribution in [0.25, 0.3) is 6.08 Å². The molecule has 1 fully saturated rings. The van der Waals surface area contributed by atoms with Crippen molar-refractivity contribution in [2.24, 2.45) is 0 Å². The molecular formula is C23H20F4N4O2S. The summed E-state index contributed by atoms with van der Waals surface area (Å²) in [6, 6.07) is 7.92. The number of carbonyl (C=O) groups is 1. The topological polar surface area (TPSA) is 80.4 Å². The Bertz CT molecular complexity index is 1150. The monoisotopic (exact) mass is 492 g/mol. The minimum Gasteiger partial charge on any atom is -0.454 e. The Hall–Kier alpha value is -3.36. The van der Waals surface area contributed by atoms with Gasteiger partial charge in [-0.15, -0.1) is 0 Å². The normalized spacial score (nSPS) is 15.1. The molecule has 1 aliphatic rings. The van der Waals surface area contributed by atoms with E-state index in [1.807, 2.05) is 11.9 Å². The van der Waals surface area contributed by atoms with Crippen LogP contribution in [0.5, 0.6) is 11.5 Å². The second-order valence-electron chi connectivity index (χ2n) is 7.47. The summed E-state index contributed by atoms with van der Waals surface area (Å²) in [5.41, 5.74) is -1.12. The first-order chi connectivity index (χ1) is 16.1. The Morgan fingerprint density at radius 1 is 1.15 bits per heavy atom. The van der Waals surface area contributed by atoms with Crippen molar-refractivity contribution < 1.29 is 27.1 Å². The SMILES string of the molecule is CN1CCN(C(=N)S/C(C=O)=C\c2ccc(Oc3ccc(C#N)cc3C(F)(F)F)c(F)c2)CC1. The van der Waals surface area contributed by atoms with Crippen LogP contribution >= 0.6 is 11.8 Å². The first-order valence-corrected chi connectivity index (χ1v) is 10.9. The molecule has 11 heteroatoms. The summed E-state index contributed by atoms with van der Waals surface area (Å²) in [5.74, 6) is -2.02. The molecule has 34 heavy (non-hydrogen) atoms. The standard InChI is InChI=1S/C23H20F4N4O2S/c1-30-6-8-31(9-7-30)22(29)34-17(14-32)10-15-2-5-21(19(24)12-15)33-20-4-3-16(13-28)11-18(20)23(25,26)27/h2-5,10-12,14,29H,6-9H2,1H3/b17-10-,29-22?. The summed E-state index contributed by atoms with van der Waals surface area (Å²) in [7, 11) is 1.98. The molecule has 2 aromatic rings. The van der Waals surface area contributed by atoms with Crippen LogP contribution < -0.4 is 4.74 Å². The van der Waals surface area contributed by atoms with Crippen molar-refractivity contribution in [2.45, 2.75) is 6.18 Å². The molecule has 1 heterocycles. The van der Waals surface area contributed by atoms with Gasteiger partial charge in [-0.25, -0.2) is 4.39 Å². The Kier molecular flexibility index (Phi) is 7.96. The van der Waals surface area contributed by atoms with Gasteiger partial charge in [0, 0.05) is 26.2 Å². The van der Waals surface area contributed by atoms with Crippen LogP contribution in [0.2, 0.25) is 0 Å². The van der Waals surface area contributed by atoms with Gasteiger partial charge >= 0.3 is 6.18 Å². The summed E-state index contributed by atoms with van der Waals surface area (Å²) in [5, 5.41) is 17.3. The zero-order valence-electron chi connectivity index (χ0n) is 18.0. The summed E-state index contributed by atoms with van der Waals surface area (Å²) < 4.78 is 59.7. The number of allylic oxidation sites excluding steroid dienone is 1. The van der Waals surface area contributed by atoms with E-state index >= 15 is 0 Å². The first kappa shape index (κ1) is 25.3. The molecular weight excluding hydrogens is 472 g/mol. The maximum atomic E-state index is 14.6. The molecule has 178 valence electrons. The van der Waals surface area contributed by atoms with Crippen molar-refractivity contribution in [3.8, 4) is 17.6 Å². The lowest BCUT2D eigenvalue weighted by Crippen LogP contribution is -2.46. The molecule has 0 aromatic heterocycles. The Morgan fingerprint density at radius 3 is 2.41 bits per heavy atom. The van der Waals surface area contributed by atoms with Gasteiger partial charge < -0.3 is 14.5 Å². The van der Waals surface area contributed by atoms with E-state index < -0.39 is 29.1 Å². The Labute approximate surface area is 197 Å². The first-order valence-electron chi connectivity index (χ1n) is 10.1. The molecule has 0 amide bonds. The van der Waals surface area contributed by atoms with Gasteiger partial charge in [-0.1, -0.05) is 6.07 Å². The van der Waals surface area contributed by atoms with Crippen molar-refractivity contribution >= 4 is 29.3 Å². The number of amidine groups is 1. The number of nitriles is 1. The third kappa shape index (κ3) is 6.36. The lowest BCUT2D eigenvalue weighted by Gasteiger charge is -2.33. The highest BCUT2D eigenvalue weighted by atomic mass is 32.2. The number of rotatable bonds is 5. The predicted molar refractivity (Wildman–Crippen MR) is 121 cm³/mol. The van der Waals surface area contributed by atoms with Crippen molar-refractivity contribution in [1.82, 2.24) is 9.80 Å². The summed E-state index contributed by atoms with van der Waals surface area (Å²) in [6.45, 7) is 2.91. The molecule has 0 bridgehead atoms. The minimum absolute atomic E-state index is 0.184. The van der Waals surface area contributed by atoms with Gasteiger partial charge in [0.2, 0.25) is 0 Å². The van der Waals surface area contributed by atoms with Crippen LogP contribution in [0.15, 0.2) is 41.3 Å². The van der Waals surface area contributed by atoms with Crippen molar-refractivity contribution in [3.05, 3.63) is 63.8 Å². The van der Waals surface area contributed by atoms with E-state index in [1.165, 1.54) is 12.1 Å². The van der Waals surface area contributed by atoms with Crippen LogP contribution in [-0.2, 0) is 11.0 Å². The number of hydrogen-bond donors (Lipinski definition) is 1. The van der Waals surface area contributed by atoms with Crippen LogP contribution in [0.4, 0.5) is 17.6 Å². The molecule has 0 aliphatic carbocycles. The fourth-order valence-electron chi connectivity index (χ4n) is 3.16. The third-order valence-electron chi connectivity index (χ3n) is 5.02. The molecule has 1 aliphatic heterocycles. The largest absolute Gasteiger partial charge is 0.454 e. The molecule has 2 aromatic carbocycles. The number of ether oxygens (including phenoxy) is 1. The summed E-state index contributed by atoms with van der Waals surface area (Å²) >= 11 is 0.947. The molecule has 0 spiro atoms. The predicted octanol–water partition coefficient (Wildman–Crippen LogP) is 4.96. The second-order valence-corrected chi connectivity index (χ2v) is 8.54. The number of piperazine rings is 1. The van der Waals surface area contributed by atoms with Crippen molar-refractivity contribution in [3.63, 3.8) is 0 Å². The van der Waals surface area contributed by atoms with Gasteiger partial charge in [0.1, 0.15) is 5.75 Å². The maximum absolute atomic E-state index is 14.6. The zero-order chi connectivity index (χ0) is 24.9. The van der Waals surface area contributed by atoms with E-state index in [1.54, 1.807) is 6.07 Å². The number of hydrogen-bond acceptors (Lipinski definition) is 6. The number of nitrogens with zero attached hydrogens (tertiary/aromatic N) is 3. The summed E-state index contributed by atoms with van der Waals surface area (Å²) in [6.07, 6.45) is -2.85. The van der Waals surface area contributed by atoms with E-state index in [-0.39, 0.29) is 21.2 Å². The number of alkyl halides is 3. The van der Waals surface area contributed by atoms with Gasteiger partial charge in [-0.3, -0.25) is 10.2 Å². The fourth-order valence-corrected chi connectivity index (χ4v) is 3.93. The number of halogens is 4. The van der Waals surface area contributed by atoms with Crippen LogP contribution in [-0.4, -0.2) is 54.5 Å². The smallest absolute Gasteiger partial charge is 0.420 e. The highest BCUT2D eigenvalue weighted by molar-refractivity contribution is 8.17. The van der Waals surface area contributed by atoms with Crippen molar-refractivity contribution in [1.29, 1.82) is 10.7 Å². The molecule has 6 nitrogen and oxygen atoms in total. The summed E-state index contributed by atoms with van der Waals surface area (Å²) in [4.78, 5) is 15.7. The number of nitrogens with one attached hydrogen (secondary N) is 1. The number of likely N-dealkylation sites (N-methyl/N-ethyl adjacent to an activating group) is 1. The quantitative estimate of drug-likeness (QED) is 0.209. The van der Waals surface area contributed by atoms with Gasteiger partial charge in [-0.2, -0.15) is 18.4 Å². The number of carbonyl (C=O) groups excluding carboxylic acids is 1. The van der Waals surface area contributed by atoms with Crippen LogP contribution in [0, 0.1) is 22.6 Å². The molecule has 0 atom stereocenters. The number of benzene rings is 2. The van der Waals surface area contributed by atoms with E-state index in [4.69, 9.17) is 15.4 Å². The molecule has 0 unspecified atom stereocenters. The van der Waals surface area contributed by atoms with E-state index in [0.29, 0.717) is 25.4 Å². The highest BCUT2D eigenvalue weighted by Crippen LogP contribution is 2.39. The number of thioether (sulfide) groups is 1. The highest BCUT2D eigenvalue weighted by Gasteiger charge is 2.35. The van der Waals surface area contributed by atoms with Crippen LogP contribution in [0.3, 0.4) is 0 Å². The fraction of sp³-hybridized carbons (Fsp3) is 0.261. The van der Waals surface area contributed by atoms with Gasteiger partial charge in [0.15, 0.2) is 23.0 Å². The minimum atomic E-state index is -4.80. The zero-order valence-corrected chi connectivity index (χ0v) is 18.8. The second kappa shape index (κ2) is 10.7. The average molecular weight is 492 g/mol. The average Bonchev–Trinajstić information content (AvgIpc) is 2.80. The van der Waals surface area contributed by atoms with E-state index in [9.17, 15) is 22.4 Å². The third-order valence-corrected chi connectivity index (χ3v) is 5.92. The molecule has 3 rings (SSSR count). The van der Waals surface area contributed by atoms with Gasteiger partial charge in [-0.05, 0) is 60.8 Å². The molecule has 1 saturated heterocycles. The van der Waals surface area contributed by atoms with Crippen molar-refractivity contribution in [2.75, 3.05) is 33.2 Å². The molecule has 0 saturated carbocycles. The number of aldehydes is 1. The van der Waals surface area contributed by atoms with E-state index in [0.717, 1.165) is 49.1 Å². The lowest BCUT2D eigenvalue weighted by atomic mass is 10.1. The Morgan fingerprint density at radius 2 is 1.82 bits per heavy atom. The van der Waals surface area contributed by atoms with E-state index in [2.05, 4.69) is 4.90 Å².